The molecule has 4 heteroatoms. The first-order chi connectivity index (χ1) is 5.66. The molecular weight excluding hydrogens is 172 g/mol. The van der Waals surface area contributed by atoms with Gasteiger partial charge in [0.2, 0.25) is 0 Å². The third kappa shape index (κ3) is 1.21. The lowest BCUT2D eigenvalue weighted by atomic mass is 10.1. The molecule has 12 heavy (non-hydrogen) atoms. The second-order valence-electron chi connectivity index (χ2n) is 3.16. The molecule has 1 aliphatic heterocycles. The Morgan fingerprint density at radius 2 is 2.33 bits per heavy atom. The summed E-state index contributed by atoms with van der Waals surface area (Å²) in [6.07, 6.45) is 1.33. The fourth-order valence-corrected chi connectivity index (χ4v) is 2.43. The first-order valence-electron chi connectivity index (χ1n) is 4.07. The lowest BCUT2D eigenvalue weighted by molar-refractivity contribution is -0.00316. The molecule has 1 aromatic heterocycles. The van der Waals surface area contributed by atoms with E-state index in [2.05, 4.69) is 11.9 Å². The van der Waals surface area contributed by atoms with Gasteiger partial charge in [0.15, 0.2) is 5.13 Å². The number of hydrogen-bond donors (Lipinski definition) is 1. The zero-order chi connectivity index (χ0) is 8.72. The van der Waals surface area contributed by atoms with Crippen molar-refractivity contribution in [3.8, 4) is 0 Å². The van der Waals surface area contributed by atoms with Gasteiger partial charge >= 0.3 is 0 Å². The van der Waals surface area contributed by atoms with Crippen LogP contribution in [0.3, 0.4) is 0 Å². The van der Waals surface area contributed by atoms with Gasteiger partial charge in [-0.2, -0.15) is 0 Å². The standard InChI is InChI=1S/C8H12N2OS/c1-4-3-6-7(5(2)11-4)12-8(9)10-6/h4-5H,3H2,1-2H3,(H2,9,10). The number of nitrogens with zero attached hydrogens (tertiary/aromatic N) is 1. The average molecular weight is 184 g/mol. The minimum absolute atomic E-state index is 0.165. The maximum absolute atomic E-state index is 5.64. The number of ether oxygens (including phenoxy) is 1. The van der Waals surface area contributed by atoms with Crippen LogP contribution in [-0.2, 0) is 11.2 Å². The van der Waals surface area contributed by atoms with Crippen LogP contribution in [0.5, 0.6) is 0 Å². The Morgan fingerprint density at radius 3 is 3.08 bits per heavy atom. The zero-order valence-electron chi connectivity index (χ0n) is 7.20. The van der Waals surface area contributed by atoms with Crippen LogP contribution in [0.25, 0.3) is 0 Å². The zero-order valence-corrected chi connectivity index (χ0v) is 8.02. The van der Waals surface area contributed by atoms with Crippen LogP contribution in [0.15, 0.2) is 0 Å². The Balaban J connectivity index is 2.40. The van der Waals surface area contributed by atoms with E-state index in [-0.39, 0.29) is 12.2 Å². The molecule has 3 nitrogen and oxygen atoms in total. The Hall–Kier alpha value is -0.610. The number of hydrogen-bond acceptors (Lipinski definition) is 4. The highest BCUT2D eigenvalue weighted by atomic mass is 32.1. The first kappa shape index (κ1) is 8.01. The van der Waals surface area contributed by atoms with E-state index >= 15 is 0 Å². The molecule has 66 valence electrons. The summed E-state index contributed by atoms with van der Waals surface area (Å²) in [6.45, 7) is 4.11. The summed E-state index contributed by atoms with van der Waals surface area (Å²) >= 11 is 1.54. The van der Waals surface area contributed by atoms with Gasteiger partial charge in [-0.15, -0.1) is 0 Å². The summed E-state index contributed by atoms with van der Waals surface area (Å²) in [7, 11) is 0. The van der Waals surface area contributed by atoms with Crippen LogP contribution in [0.4, 0.5) is 5.13 Å². The van der Waals surface area contributed by atoms with Crippen molar-refractivity contribution in [2.24, 2.45) is 0 Å². The molecule has 0 bridgehead atoms. The van der Waals surface area contributed by atoms with E-state index < -0.39 is 0 Å². The normalized spacial score (nSPS) is 28.5. The number of aromatic nitrogens is 1. The first-order valence-corrected chi connectivity index (χ1v) is 4.89. The van der Waals surface area contributed by atoms with Gasteiger partial charge in [-0.05, 0) is 13.8 Å². The van der Waals surface area contributed by atoms with E-state index in [1.807, 2.05) is 6.92 Å². The van der Waals surface area contributed by atoms with Crippen LogP contribution in [-0.4, -0.2) is 11.1 Å². The number of rotatable bonds is 0. The van der Waals surface area contributed by atoms with Crippen LogP contribution in [0.1, 0.15) is 30.5 Å². The molecule has 0 radical (unpaired) electrons. The molecule has 2 rings (SSSR count). The molecule has 0 fully saturated rings. The highest BCUT2D eigenvalue weighted by Gasteiger charge is 2.25. The van der Waals surface area contributed by atoms with E-state index in [1.54, 1.807) is 11.3 Å². The van der Waals surface area contributed by atoms with Gasteiger partial charge in [0, 0.05) is 6.42 Å². The fraction of sp³-hybridized carbons (Fsp3) is 0.625. The Kier molecular flexibility index (Phi) is 1.81. The van der Waals surface area contributed by atoms with Crippen molar-refractivity contribution in [2.45, 2.75) is 32.5 Å². The maximum atomic E-state index is 5.64. The van der Waals surface area contributed by atoms with Crippen molar-refractivity contribution in [3.63, 3.8) is 0 Å². The Labute approximate surface area is 75.6 Å². The van der Waals surface area contributed by atoms with E-state index in [0.29, 0.717) is 5.13 Å². The minimum atomic E-state index is 0.165. The summed E-state index contributed by atoms with van der Waals surface area (Å²) in [5, 5.41) is 0.657. The topological polar surface area (TPSA) is 48.1 Å². The van der Waals surface area contributed by atoms with Gasteiger partial charge in [0.05, 0.1) is 22.8 Å². The summed E-state index contributed by atoms with van der Waals surface area (Å²) in [6, 6.07) is 0. The van der Waals surface area contributed by atoms with Gasteiger partial charge in [0.25, 0.3) is 0 Å². The second-order valence-corrected chi connectivity index (χ2v) is 4.22. The molecule has 2 atom stereocenters. The van der Waals surface area contributed by atoms with Crippen LogP contribution in [0, 0.1) is 0 Å². The van der Waals surface area contributed by atoms with Gasteiger partial charge < -0.3 is 10.5 Å². The molecule has 1 aromatic rings. The number of nitrogen functional groups attached to an aromatic ring is 1. The third-order valence-electron chi connectivity index (χ3n) is 2.03. The van der Waals surface area contributed by atoms with Crippen molar-refractivity contribution in [1.82, 2.24) is 4.98 Å². The monoisotopic (exact) mass is 184 g/mol. The highest BCUT2D eigenvalue weighted by molar-refractivity contribution is 7.15. The predicted octanol–water partition coefficient (Wildman–Crippen LogP) is 1.75. The molecule has 2 heterocycles. The average Bonchev–Trinajstić information content (AvgIpc) is 2.29. The largest absolute Gasteiger partial charge is 0.375 e. The van der Waals surface area contributed by atoms with Crippen molar-refractivity contribution >= 4 is 16.5 Å². The lowest BCUT2D eigenvalue weighted by Gasteiger charge is -2.23. The van der Waals surface area contributed by atoms with Gasteiger partial charge in [-0.25, -0.2) is 4.98 Å². The van der Waals surface area contributed by atoms with E-state index in [4.69, 9.17) is 10.5 Å². The van der Waals surface area contributed by atoms with Gasteiger partial charge in [-0.3, -0.25) is 0 Å². The van der Waals surface area contributed by atoms with E-state index in [0.717, 1.165) is 12.1 Å². The van der Waals surface area contributed by atoms with Gasteiger partial charge in [0.1, 0.15) is 0 Å². The summed E-state index contributed by atoms with van der Waals surface area (Å²) in [5.74, 6) is 0. The van der Waals surface area contributed by atoms with E-state index in [1.165, 1.54) is 4.88 Å². The van der Waals surface area contributed by atoms with Crippen molar-refractivity contribution in [3.05, 3.63) is 10.6 Å². The Morgan fingerprint density at radius 1 is 1.58 bits per heavy atom. The van der Waals surface area contributed by atoms with E-state index in [9.17, 15) is 0 Å². The number of thiazole rings is 1. The molecule has 0 aromatic carbocycles. The number of anilines is 1. The predicted molar refractivity (Wildman–Crippen MR) is 49.2 cm³/mol. The smallest absolute Gasteiger partial charge is 0.180 e. The maximum Gasteiger partial charge on any atom is 0.180 e. The Bertz CT molecular complexity index is 297. The van der Waals surface area contributed by atoms with Crippen LogP contribution >= 0.6 is 11.3 Å². The number of fused-ring (bicyclic) bond motifs is 1. The van der Waals surface area contributed by atoms with Crippen LogP contribution in [0.2, 0.25) is 0 Å². The van der Waals surface area contributed by atoms with Crippen molar-refractivity contribution < 1.29 is 4.74 Å². The van der Waals surface area contributed by atoms with Gasteiger partial charge in [-0.1, -0.05) is 11.3 Å². The lowest BCUT2D eigenvalue weighted by Crippen LogP contribution is -2.20. The molecule has 2 N–H and O–H groups in total. The third-order valence-corrected chi connectivity index (χ3v) is 3.12. The molecule has 0 amide bonds. The summed E-state index contributed by atoms with van der Waals surface area (Å²) in [4.78, 5) is 5.47. The van der Waals surface area contributed by atoms with Crippen molar-refractivity contribution in [1.29, 1.82) is 0 Å². The summed E-state index contributed by atoms with van der Waals surface area (Å²) in [5.41, 5.74) is 6.75. The molecular formula is C8H12N2OS. The van der Waals surface area contributed by atoms with Crippen molar-refractivity contribution in [2.75, 3.05) is 5.73 Å². The molecule has 0 saturated carbocycles. The number of nitrogens with two attached hydrogens (primary N) is 1. The molecule has 0 saturated heterocycles. The molecule has 0 spiro atoms. The molecule has 1 aliphatic rings. The fourth-order valence-electron chi connectivity index (χ4n) is 1.58. The minimum Gasteiger partial charge on any atom is -0.375 e. The van der Waals surface area contributed by atoms with Crippen LogP contribution < -0.4 is 5.73 Å². The molecule has 2 unspecified atom stereocenters. The second kappa shape index (κ2) is 2.71. The summed E-state index contributed by atoms with van der Waals surface area (Å²) < 4.78 is 5.64. The highest BCUT2D eigenvalue weighted by Crippen LogP contribution is 2.34. The molecule has 0 aliphatic carbocycles. The SMILES string of the molecule is CC1Cc2nc(N)sc2C(C)O1. The quantitative estimate of drug-likeness (QED) is 0.668.